The maximum atomic E-state index is 12.9. The highest BCUT2D eigenvalue weighted by molar-refractivity contribution is 7.89. The number of nitrogens with one attached hydrogen (secondary N) is 3. The van der Waals surface area contributed by atoms with E-state index in [1.807, 2.05) is 0 Å². The maximum absolute atomic E-state index is 12.9. The van der Waals surface area contributed by atoms with Gasteiger partial charge in [-0.25, -0.2) is 13.2 Å². The van der Waals surface area contributed by atoms with Crippen molar-refractivity contribution < 1.29 is 35.9 Å². The van der Waals surface area contributed by atoms with E-state index in [1.165, 1.54) is 27.8 Å². The first-order valence-corrected chi connectivity index (χ1v) is 10.6. The van der Waals surface area contributed by atoms with Gasteiger partial charge in [0.1, 0.15) is 17.2 Å². The Labute approximate surface area is 172 Å². The van der Waals surface area contributed by atoms with E-state index in [4.69, 9.17) is 4.74 Å². The standard InChI is InChI=1S/C17H23F3N4O5S/c1-2-29-13-6-5-12(9-14(13)30(27,28)24-7-3-4-8-24)21-10-15(25)23-16(26)22-11-17(18,19)20/h5-6,9,21H,2-4,7-8,10-11H2,1H3,(H2,22,23,25,26). The number of hydrogen-bond acceptors (Lipinski definition) is 6. The van der Waals surface area contributed by atoms with E-state index in [9.17, 15) is 31.2 Å². The number of anilines is 1. The summed E-state index contributed by atoms with van der Waals surface area (Å²) in [6.45, 7) is 0.742. The van der Waals surface area contributed by atoms with Gasteiger partial charge in [0.15, 0.2) is 0 Å². The number of nitrogens with zero attached hydrogens (tertiary/aromatic N) is 1. The molecule has 1 aromatic carbocycles. The van der Waals surface area contributed by atoms with Crippen LogP contribution >= 0.6 is 0 Å². The van der Waals surface area contributed by atoms with E-state index >= 15 is 0 Å². The number of ether oxygens (including phenoxy) is 1. The number of carbonyl (C=O) groups is 2. The lowest BCUT2D eigenvalue weighted by Crippen LogP contribution is -2.45. The van der Waals surface area contributed by atoms with E-state index in [2.05, 4.69) is 5.32 Å². The lowest BCUT2D eigenvalue weighted by molar-refractivity contribution is -0.124. The lowest BCUT2D eigenvalue weighted by Gasteiger charge is -2.19. The van der Waals surface area contributed by atoms with Crippen LogP contribution in [0.1, 0.15) is 19.8 Å². The number of hydrogen-bond donors (Lipinski definition) is 3. The highest BCUT2D eigenvalue weighted by atomic mass is 32.2. The fourth-order valence-corrected chi connectivity index (χ4v) is 4.41. The van der Waals surface area contributed by atoms with Crippen molar-refractivity contribution in [2.45, 2.75) is 30.8 Å². The van der Waals surface area contributed by atoms with Crippen LogP contribution in [-0.4, -0.2) is 63.6 Å². The molecule has 9 nitrogen and oxygen atoms in total. The summed E-state index contributed by atoms with van der Waals surface area (Å²) in [4.78, 5) is 23.0. The molecule has 0 radical (unpaired) electrons. The predicted octanol–water partition coefficient (Wildman–Crippen LogP) is 1.67. The first-order valence-electron chi connectivity index (χ1n) is 9.18. The topological polar surface area (TPSA) is 117 Å². The molecule has 0 spiro atoms. The Kier molecular flexibility index (Phi) is 7.89. The number of sulfonamides is 1. The van der Waals surface area contributed by atoms with Crippen LogP contribution in [0.15, 0.2) is 23.1 Å². The molecular formula is C17H23F3N4O5S. The summed E-state index contributed by atoms with van der Waals surface area (Å²) < 4.78 is 68.8. The Hall–Kier alpha value is -2.54. The first kappa shape index (κ1) is 23.7. The fourth-order valence-electron chi connectivity index (χ4n) is 2.74. The SMILES string of the molecule is CCOc1ccc(NCC(=O)NC(=O)NCC(F)(F)F)cc1S(=O)(=O)N1CCCC1. The summed E-state index contributed by atoms with van der Waals surface area (Å²) in [5.41, 5.74) is 0.266. The number of amides is 3. The summed E-state index contributed by atoms with van der Waals surface area (Å²) in [5, 5.41) is 5.89. The van der Waals surface area contributed by atoms with Gasteiger partial charge in [0.05, 0.1) is 13.2 Å². The molecule has 1 aromatic rings. The second-order valence-corrected chi connectivity index (χ2v) is 8.31. The monoisotopic (exact) mass is 452 g/mol. The molecule has 0 atom stereocenters. The minimum atomic E-state index is -4.60. The van der Waals surface area contributed by atoms with Gasteiger partial charge in [0.2, 0.25) is 15.9 Å². The van der Waals surface area contributed by atoms with E-state index in [0.29, 0.717) is 13.1 Å². The molecule has 1 heterocycles. The number of carbonyl (C=O) groups excluding carboxylic acids is 2. The lowest BCUT2D eigenvalue weighted by atomic mass is 10.3. The molecule has 0 unspecified atom stereocenters. The number of halogens is 3. The minimum Gasteiger partial charge on any atom is -0.492 e. The van der Waals surface area contributed by atoms with Gasteiger partial charge >= 0.3 is 12.2 Å². The van der Waals surface area contributed by atoms with Crippen molar-refractivity contribution in [3.8, 4) is 5.75 Å². The first-order chi connectivity index (χ1) is 14.0. The third kappa shape index (κ3) is 6.76. The van der Waals surface area contributed by atoms with Crippen LogP contribution in [0.25, 0.3) is 0 Å². The van der Waals surface area contributed by atoms with Crippen molar-refractivity contribution in [1.29, 1.82) is 0 Å². The van der Waals surface area contributed by atoms with Crippen LogP contribution < -0.4 is 20.7 Å². The van der Waals surface area contributed by atoms with Crippen molar-refractivity contribution in [1.82, 2.24) is 14.9 Å². The van der Waals surface area contributed by atoms with Gasteiger partial charge in [-0.3, -0.25) is 10.1 Å². The summed E-state index contributed by atoms with van der Waals surface area (Å²) in [6.07, 6.45) is -3.08. The van der Waals surface area contributed by atoms with Gasteiger partial charge in [-0.15, -0.1) is 0 Å². The van der Waals surface area contributed by atoms with Crippen LogP contribution in [0.2, 0.25) is 0 Å². The summed E-state index contributed by atoms with van der Waals surface area (Å²) >= 11 is 0. The molecule has 1 saturated heterocycles. The molecule has 168 valence electrons. The zero-order valence-electron chi connectivity index (χ0n) is 16.2. The Morgan fingerprint density at radius 1 is 1.20 bits per heavy atom. The van der Waals surface area contributed by atoms with Crippen molar-refractivity contribution in [3.05, 3.63) is 18.2 Å². The van der Waals surface area contributed by atoms with E-state index < -0.39 is 41.2 Å². The van der Waals surface area contributed by atoms with Crippen LogP contribution in [0.4, 0.5) is 23.7 Å². The van der Waals surface area contributed by atoms with Gasteiger partial charge in [-0.2, -0.15) is 17.5 Å². The highest BCUT2D eigenvalue weighted by Gasteiger charge is 2.30. The van der Waals surface area contributed by atoms with Gasteiger partial charge in [-0.1, -0.05) is 0 Å². The summed E-state index contributed by atoms with van der Waals surface area (Å²) in [5.74, 6) is -0.724. The molecular weight excluding hydrogens is 429 g/mol. The summed E-state index contributed by atoms with van der Waals surface area (Å²) in [7, 11) is -3.80. The second-order valence-electron chi connectivity index (χ2n) is 6.41. The molecule has 2 rings (SSSR count). The molecule has 0 saturated carbocycles. The molecule has 0 aliphatic carbocycles. The average molecular weight is 452 g/mol. The minimum absolute atomic E-state index is 0.0559. The quantitative estimate of drug-likeness (QED) is 0.553. The van der Waals surface area contributed by atoms with Gasteiger partial charge in [-0.05, 0) is 38.0 Å². The molecule has 3 N–H and O–H groups in total. The number of urea groups is 1. The van der Waals surface area contributed by atoms with Gasteiger partial charge in [0, 0.05) is 18.8 Å². The molecule has 3 amide bonds. The highest BCUT2D eigenvalue weighted by Crippen LogP contribution is 2.31. The number of alkyl halides is 3. The molecule has 1 aliphatic heterocycles. The zero-order chi connectivity index (χ0) is 22.4. The van der Waals surface area contributed by atoms with Crippen molar-refractivity contribution in [2.24, 2.45) is 0 Å². The largest absolute Gasteiger partial charge is 0.492 e. The average Bonchev–Trinajstić information content (AvgIpc) is 3.21. The molecule has 0 bridgehead atoms. The number of imide groups is 1. The van der Waals surface area contributed by atoms with Crippen LogP contribution in [0, 0.1) is 0 Å². The Morgan fingerprint density at radius 3 is 2.47 bits per heavy atom. The molecule has 1 fully saturated rings. The normalized spacial score (nSPS) is 14.9. The van der Waals surface area contributed by atoms with Gasteiger partial charge in [0.25, 0.3) is 0 Å². The third-order valence-corrected chi connectivity index (χ3v) is 6.00. The third-order valence-electron chi connectivity index (χ3n) is 4.08. The molecule has 13 heteroatoms. The Bertz CT molecular complexity index is 871. The molecule has 30 heavy (non-hydrogen) atoms. The zero-order valence-corrected chi connectivity index (χ0v) is 17.0. The molecule has 0 aromatic heterocycles. The predicted molar refractivity (Wildman–Crippen MR) is 102 cm³/mol. The van der Waals surface area contributed by atoms with Crippen molar-refractivity contribution in [2.75, 3.05) is 38.1 Å². The number of rotatable bonds is 8. The van der Waals surface area contributed by atoms with Crippen molar-refractivity contribution >= 4 is 27.6 Å². The van der Waals surface area contributed by atoms with Gasteiger partial charge < -0.3 is 15.4 Å². The van der Waals surface area contributed by atoms with E-state index in [-0.39, 0.29) is 22.9 Å². The van der Waals surface area contributed by atoms with Crippen LogP contribution in [0.5, 0.6) is 5.75 Å². The smallest absolute Gasteiger partial charge is 0.405 e. The van der Waals surface area contributed by atoms with E-state index in [1.54, 1.807) is 12.2 Å². The second kappa shape index (κ2) is 9.98. The number of benzene rings is 1. The summed E-state index contributed by atoms with van der Waals surface area (Å²) in [6, 6.07) is 2.96. The maximum Gasteiger partial charge on any atom is 0.405 e. The van der Waals surface area contributed by atoms with Crippen LogP contribution in [-0.2, 0) is 14.8 Å². The Morgan fingerprint density at radius 2 is 1.87 bits per heavy atom. The van der Waals surface area contributed by atoms with Crippen molar-refractivity contribution in [3.63, 3.8) is 0 Å². The molecule has 1 aliphatic rings. The van der Waals surface area contributed by atoms with Crippen LogP contribution in [0.3, 0.4) is 0 Å². The fraction of sp³-hybridized carbons (Fsp3) is 0.529. The Balaban J connectivity index is 2.04. The van der Waals surface area contributed by atoms with E-state index in [0.717, 1.165) is 12.8 Å².